The molecule has 0 radical (unpaired) electrons. The Morgan fingerprint density at radius 1 is 0.762 bits per heavy atom. The molecule has 2 rings (SSSR count). The highest BCUT2D eigenvalue weighted by molar-refractivity contribution is 5.37. The fourth-order valence-electron chi connectivity index (χ4n) is 2.33. The van der Waals surface area contributed by atoms with Crippen molar-refractivity contribution in [1.82, 2.24) is 0 Å². The Morgan fingerprint density at radius 2 is 1.14 bits per heavy atom. The predicted molar refractivity (Wildman–Crippen MR) is 83.6 cm³/mol. The lowest BCUT2D eigenvalue weighted by Gasteiger charge is -2.21. The number of hydrogen-bond donors (Lipinski definition) is 2. The van der Waals surface area contributed by atoms with Crippen LogP contribution in [-0.2, 0) is 4.74 Å². The number of benzene rings is 2. The third-order valence-corrected chi connectivity index (χ3v) is 3.79. The normalized spacial score (nSPS) is 13.9. The van der Waals surface area contributed by atoms with E-state index in [0.29, 0.717) is 11.5 Å². The van der Waals surface area contributed by atoms with Crippen LogP contribution in [0.1, 0.15) is 48.3 Å². The van der Waals surface area contributed by atoms with Gasteiger partial charge in [-0.2, -0.15) is 0 Å². The largest absolute Gasteiger partial charge is 0.508 e. The van der Waals surface area contributed by atoms with Crippen molar-refractivity contribution in [1.29, 1.82) is 0 Å². The first-order valence-corrected chi connectivity index (χ1v) is 7.13. The summed E-state index contributed by atoms with van der Waals surface area (Å²) >= 11 is 0. The Labute approximate surface area is 125 Å². The van der Waals surface area contributed by atoms with Crippen LogP contribution in [0.25, 0.3) is 0 Å². The van der Waals surface area contributed by atoms with Gasteiger partial charge in [0.15, 0.2) is 0 Å². The van der Waals surface area contributed by atoms with E-state index in [-0.39, 0.29) is 12.2 Å². The zero-order valence-electron chi connectivity index (χ0n) is 12.9. The van der Waals surface area contributed by atoms with Gasteiger partial charge in [-0.05, 0) is 74.2 Å². The van der Waals surface area contributed by atoms with E-state index in [1.54, 1.807) is 12.1 Å². The molecule has 0 heterocycles. The minimum atomic E-state index is -0.0755. The summed E-state index contributed by atoms with van der Waals surface area (Å²) in [5.74, 6) is 0.598. The smallest absolute Gasteiger partial charge is 0.118 e. The third kappa shape index (κ3) is 3.56. The second-order valence-electron chi connectivity index (χ2n) is 5.51. The second-order valence-corrected chi connectivity index (χ2v) is 5.51. The van der Waals surface area contributed by atoms with E-state index >= 15 is 0 Å². The Bertz CT molecular complexity index is 579. The zero-order chi connectivity index (χ0) is 15.6. The summed E-state index contributed by atoms with van der Waals surface area (Å²) in [5, 5.41) is 19.2. The molecule has 0 aliphatic carbocycles. The summed E-state index contributed by atoms with van der Waals surface area (Å²) in [6.07, 6.45) is -0.151. The van der Waals surface area contributed by atoms with Gasteiger partial charge in [0.25, 0.3) is 0 Å². The maximum Gasteiger partial charge on any atom is 0.118 e. The van der Waals surface area contributed by atoms with Crippen LogP contribution in [0.3, 0.4) is 0 Å². The molecule has 21 heavy (non-hydrogen) atoms. The molecule has 0 saturated carbocycles. The first-order valence-electron chi connectivity index (χ1n) is 7.13. The van der Waals surface area contributed by atoms with E-state index in [4.69, 9.17) is 4.74 Å². The van der Waals surface area contributed by atoms with Crippen molar-refractivity contribution in [2.45, 2.75) is 39.9 Å². The Hall–Kier alpha value is -2.00. The van der Waals surface area contributed by atoms with Crippen LogP contribution in [0.2, 0.25) is 0 Å². The highest BCUT2D eigenvalue weighted by Crippen LogP contribution is 2.30. The van der Waals surface area contributed by atoms with E-state index in [1.165, 1.54) is 0 Å². The molecule has 0 aliphatic heterocycles. The van der Waals surface area contributed by atoms with Gasteiger partial charge in [-0.1, -0.05) is 12.1 Å². The Balaban J connectivity index is 2.12. The SMILES string of the molecule is Cc1cc(C(C)OC(C)c2ccc(O)c(C)c2)ccc1O. The van der Waals surface area contributed by atoms with Crippen molar-refractivity contribution in [3.63, 3.8) is 0 Å². The monoisotopic (exact) mass is 286 g/mol. The lowest BCUT2D eigenvalue weighted by atomic mass is 10.0. The van der Waals surface area contributed by atoms with E-state index in [0.717, 1.165) is 22.3 Å². The highest BCUT2D eigenvalue weighted by atomic mass is 16.5. The summed E-state index contributed by atoms with van der Waals surface area (Å²) in [6.45, 7) is 7.74. The average molecular weight is 286 g/mol. The third-order valence-electron chi connectivity index (χ3n) is 3.79. The van der Waals surface area contributed by atoms with Gasteiger partial charge in [-0.25, -0.2) is 0 Å². The summed E-state index contributed by atoms with van der Waals surface area (Å²) in [7, 11) is 0. The molecule has 2 aromatic carbocycles. The molecule has 0 aliphatic rings. The predicted octanol–water partition coefficient (Wildman–Crippen LogP) is 4.55. The molecule has 0 spiro atoms. The van der Waals surface area contributed by atoms with Gasteiger partial charge in [0, 0.05) is 0 Å². The zero-order valence-corrected chi connectivity index (χ0v) is 12.9. The van der Waals surface area contributed by atoms with Crippen molar-refractivity contribution < 1.29 is 14.9 Å². The van der Waals surface area contributed by atoms with Gasteiger partial charge < -0.3 is 14.9 Å². The summed E-state index contributed by atoms with van der Waals surface area (Å²) in [5.41, 5.74) is 3.76. The number of ether oxygens (including phenoxy) is 1. The molecule has 0 bridgehead atoms. The second kappa shape index (κ2) is 6.19. The molecule has 0 saturated heterocycles. The molecule has 0 aromatic heterocycles. The number of phenolic OH excluding ortho intramolecular Hbond substituents is 2. The molecular weight excluding hydrogens is 264 g/mol. The molecule has 2 unspecified atom stereocenters. The number of aryl methyl sites for hydroxylation is 2. The average Bonchev–Trinajstić information content (AvgIpc) is 2.44. The fourth-order valence-corrected chi connectivity index (χ4v) is 2.33. The first kappa shape index (κ1) is 15.4. The summed E-state index contributed by atoms with van der Waals surface area (Å²) in [4.78, 5) is 0. The van der Waals surface area contributed by atoms with Crippen LogP contribution < -0.4 is 0 Å². The Kier molecular flexibility index (Phi) is 4.53. The van der Waals surface area contributed by atoms with Crippen LogP contribution in [0.5, 0.6) is 11.5 Å². The van der Waals surface area contributed by atoms with Crippen LogP contribution in [0.4, 0.5) is 0 Å². The standard InChI is InChI=1S/C18H22O3/c1-11-9-15(5-7-17(11)19)13(3)21-14(4)16-6-8-18(20)12(2)10-16/h5-10,13-14,19-20H,1-4H3. The van der Waals surface area contributed by atoms with Gasteiger partial charge in [0.05, 0.1) is 12.2 Å². The molecule has 3 heteroatoms. The highest BCUT2D eigenvalue weighted by Gasteiger charge is 2.14. The van der Waals surface area contributed by atoms with Gasteiger partial charge in [-0.15, -0.1) is 0 Å². The van der Waals surface area contributed by atoms with Gasteiger partial charge >= 0.3 is 0 Å². The van der Waals surface area contributed by atoms with Crippen molar-refractivity contribution in [3.8, 4) is 11.5 Å². The maximum atomic E-state index is 9.58. The Morgan fingerprint density at radius 3 is 1.48 bits per heavy atom. The maximum absolute atomic E-state index is 9.58. The van der Waals surface area contributed by atoms with Crippen molar-refractivity contribution in [2.75, 3.05) is 0 Å². The molecule has 2 aromatic rings. The van der Waals surface area contributed by atoms with Crippen molar-refractivity contribution in [2.24, 2.45) is 0 Å². The number of phenols is 2. The first-order chi connectivity index (χ1) is 9.88. The minimum Gasteiger partial charge on any atom is -0.508 e. The molecule has 3 nitrogen and oxygen atoms in total. The molecular formula is C18H22O3. The summed E-state index contributed by atoms with van der Waals surface area (Å²) < 4.78 is 6.05. The number of hydrogen-bond acceptors (Lipinski definition) is 3. The van der Waals surface area contributed by atoms with Crippen LogP contribution in [0.15, 0.2) is 36.4 Å². The lowest BCUT2D eigenvalue weighted by Crippen LogP contribution is -2.05. The molecule has 2 N–H and O–H groups in total. The van der Waals surface area contributed by atoms with E-state index in [1.807, 2.05) is 52.0 Å². The molecule has 112 valence electrons. The van der Waals surface area contributed by atoms with Crippen molar-refractivity contribution >= 4 is 0 Å². The number of aromatic hydroxyl groups is 2. The van der Waals surface area contributed by atoms with Crippen LogP contribution in [0, 0.1) is 13.8 Å². The van der Waals surface area contributed by atoms with E-state index in [9.17, 15) is 10.2 Å². The van der Waals surface area contributed by atoms with Crippen LogP contribution >= 0.6 is 0 Å². The molecule has 0 fully saturated rings. The topological polar surface area (TPSA) is 49.7 Å². The fraction of sp³-hybridized carbons (Fsp3) is 0.333. The van der Waals surface area contributed by atoms with E-state index in [2.05, 4.69) is 0 Å². The molecule has 0 amide bonds. The lowest BCUT2D eigenvalue weighted by molar-refractivity contribution is 0.00577. The van der Waals surface area contributed by atoms with Gasteiger partial charge in [0.2, 0.25) is 0 Å². The van der Waals surface area contributed by atoms with Crippen molar-refractivity contribution in [3.05, 3.63) is 58.7 Å². The van der Waals surface area contributed by atoms with E-state index < -0.39 is 0 Å². The number of rotatable bonds is 4. The van der Waals surface area contributed by atoms with Gasteiger partial charge in [0.1, 0.15) is 11.5 Å². The molecule has 2 atom stereocenters. The summed E-state index contributed by atoms with van der Waals surface area (Å²) in [6, 6.07) is 11.0. The quantitative estimate of drug-likeness (QED) is 0.866. The minimum absolute atomic E-state index is 0.0755. The van der Waals surface area contributed by atoms with Crippen LogP contribution in [-0.4, -0.2) is 10.2 Å². The van der Waals surface area contributed by atoms with Gasteiger partial charge in [-0.3, -0.25) is 0 Å².